The zero-order valence-corrected chi connectivity index (χ0v) is 14.5. The summed E-state index contributed by atoms with van der Waals surface area (Å²) in [6.07, 6.45) is 5.88. The van der Waals surface area contributed by atoms with Crippen LogP contribution in [0.4, 0.5) is 0 Å². The van der Waals surface area contributed by atoms with Crippen LogP contribution < -0.4 is 10.5 Å². The van der Waals surface area contributed by atoms with Gasteiger partial charge in [0, 0.05) is 42.6 Å². The van der Waals surface area contributed by atoms with Crippen LogP contribution in [-0.2, 0) is 13.2 Å². The van der Waals surface area contributed by atoms with Gasteiger partial charge >= 0.3 is 0 Å². The van der Waals surface area contributed by atoms with Crippen molar-refractivity contribution in [1.29, 1.82) is 0 Å². The maximum absolute atomic E-state index is 5.98. The maximum atomic E-state index is 5.98. The first-order chi connectivity index (χ1) is 12.8. The Morgan fingerprint density at radius 1 is 1.00 bits per heavy atom. The molecular weight excluding hydrogens is 322 g/mol. The number of ether oxygens (including phenoxy) is 1. The van der Waals surface area contributed by atoms with Crippen molar-refractivity contribution in [3.8, 4) is 16.9 Å². The van der Waals surface area contributed by atoms with Crippen molar-refractivity contribution >= 4 is 10.9 Å². The van der Waals surface area contributed by atoms with Gasteiger partial charge in [-0.2, -0.15) is 0 Å². The summed E-state index contributed by atoms with van der Waals surface area (Å²) in [6.45, 7) is 1.94. The highest BCUT2D eigenvalue weighted by Crippen LogP contribution is 2.32. The minimum atomic E-state index is 0.556. The van der Waals surface area contributed by atoms with Gasteiger partial charge < -0.3 is 15.0 Å². The number of benzene rings is 2. The molecule has 0 bridgehead atoms. The Hall–Kier alpha value is -3.11. The van der Waals surface area contributed by atoms with E-state index in [0.29, 0.717) is 13.2 Å². The summed E-state index contributed by atoms with van der Waals surface area (Å²) in [5, 5.41) is 1.13. The average Bonchev–Trinajstić information content (AvgIpc) is 3.07. The molecule has 4 nitrogen and oxygen atoms in total. The molecule has 26 heavy (non-hydrogen) atoms. The highest BCUT2D eigenvalue weighted by Gasteiger charge is 2.11. The minimum absolute atomic E-state index is 0.556. The molecule has 2 heterocycles. The van der Waals surface area contributed by atoms with Crippen molar-refractivity contribution in [3.63, 3.8) is 0 Å². The summed E-state index contributed by atoms with van der Waals surface area (Å²) in [6, 6.07) is 20.4. The zero-order chi connectivity index (χ0) is 17.8. The summed E-state index contributed by atoms with van der Waals surface area (Å²) >= 11 is 0. The second-order valence-corrected chi connectivity index (χ2v) is 6.22. The molecule has 0 amide bonds. The first-order valence-corrected chi connectivity index (χ1v) is 8.75. The van der Waals surface area contributed by atoms with Crippen LogP contribution in [0.3, 0.4) is 0 Å². The lowest BCUT2D eigenvalue weighted by atomic mass is 10.1. The second kappa shape index (κ2) is 7.42. The third-order valence-corrected chi connectivity index (χ3v) is 4.45. The normalized spacial score (nSPS) is 11.0. The van der Waals surface area contributed by atoms with Gasteiger partial charge in [-0.25, -0.2) is 0 Å². The number of rotatable bonds is 6. The van der Waals surface area contributed by atoms with Crippen LogP contribution in [0.2, 0.25) is 0 Å². The Labute approximate surface area is 152 Å². The molecular formula is C22H21N3O. The van der Waals surface area contributed by atoms with E-state index in [9.17, 15) is 0 Å². The molecule has 0 spiro atoms. The number of hydrogen-bond donors (Lipinski definition) is 1. The number of nitrogens with zero attached hydrogens (tertiary/aromatic N) is 2. The van der Waals surface area contributed by atoms with E-state index in [2.05, 4.69) is 40.0 Å². The van der Waals surface area contributed by atoms with Crippen LogP contribution in [0.15, 0.2) is 79.3 Å². The molecule has 0 aliphatic rings. The molecule has 4 heteroatoms. The SMILES string of the molecule is NCCn1cc(-c2cccc(OCc3ccccc3)c2)c2cnccc21. The fraction of sp³-hybridized carbons (Fsp3) is 0.136. The molecule has 2 aromatic heterocycles. The van der Waals surface area contributed by atoms with Crippen molar-refractivity contribution in [1.82, 2.24) is 9.55 Å². The summed E-state index contributed by atoms with van der Waals surface area (Å²) < 4.78 is 8.16. The van der Waals surface area contributed by atoms with Crippen molar-refractivity contribution in [3.05, 3.63) is 84.8 Å². The Kier molecular flexibility index (Phi) is 4.67. The number of fused-ring (bicyclic) bond motifs is 1. The van der Waals surface area contributed by atoms with E-state index in [1.807, 2.05) is 48.8 Å². The lowest BCUT2D eigenvalue weighted by Gasteiger charge is -2.08. The van der Waals surface area contributed by atoms with Crippen molar-refractivity contribution in [2.45, 2.75) is 13.2 Å². The number of nitrogens with two attached hydrogens (primary N) is 1. The number of pyridine rings is 1. The monoisotopic (exact) mass is 343 g/mol. The summed E-state index contributed by atoms with van der Waals surface area (Å²) in [7, 11) is 0. The topological polar surface area (TPSA) is 53.1 Å². The van der Waals surface area contributed by atoms with E-state index in [-0.39, 0.29) is 0 Å². The van der Waals surface area contributed by atoms with Crippen LogP contribution in [0, 0.1) is 0 Å². The fourth-order valence-corrected chi connectivity index (χ4v) is 3.19. The minimum Gasteiger partial charge on any atom is -0.489 e. The predicted molar refractivity (Wildman–Crippen MR) is 105 cm³/mol. The van der Waals surface area contributed by atoms with Gasteiger partial charge in [-0.05, 0) is 29.3 Å². The summed E-state index contributed by atoms with van der Waals surface area (Å²) in [4.78, 5) is 4.30. The third kappa shape index (κ3) is 3.32. The van der Waals surface area contributed by atoms with Gasteiger partial charge in [0.1, 0.15) is 12.4 Å². The molecule has 0 atom stereocenters. The molecule has 0 radical (unpaired) electrons. The molecule has 0 unspecified atom stereocenters. The van der Waals surface area contributed by atoms with Gasteiger partial charge in [0.2, 0.25) is 0 Å². The lowest BCUT2D eigenvalue weighted by molar-refractivity contribution is 0.306. The molecule has 0 aliphatic heterocycles. The molecule has 2 aromatic carbocycles. The van der Waals surface area contributed by atoms with Crippen LogP contribution in [0.1, 0.15) is 5.56 Å². The van der Waals surface area contributed by atoms with Crippen LogP contribution in [0.25, 0.3) is 22.0 Å². The maximum Gasteiger partial charge on any atom is 0.120 e. The van der Waals surface area contributed by atoms with Gasteiger partial charge in [0.15, 0.2) is 0 Å². The summed E-state index contributed by atoms with van der Waals surface area (Å²) in [5.74, 6) is 0.856. The van der Waals surface area contributed by atoms with E-state index in [1.165, 1.54) is 0 Å². The Morgan fingerprint density at radius 2 is 1.88 bits per heavy atom. The molecule has 0 aliphatic carbocycles. The first-order valence-electron chi connectivity index (χ1n) is 8.75. The molecule has 4 aromatic rings. The van der Waals surface area contributed by atoms with E-state index >= 15 is 0 Å². The lowest BCUT2D eigenvalue weighted by Crippen LogP contribution is -2.08. The third-order valence-electron chi connectivity index (χ3n) is 4.45. The largest absolute Gasteiger partial charge is 0.489 e. The smallest absolute Gasteiger partial charge is 0.120 e. The molecule has 0 saturated carbocycles. The van der Waals surface area contributed by atoms with Gasteiger partial charge in [-0.15, -0.1) is 0 Å². The predicted octanol–water partition coefficient (Wildman–Crippen LogP) is 4.24. The Morgan fingerprint density at radius 3 is 2.73 bits per heavy atom. The van der Waals surface area contributed by atoms with Crippen LogP contribution >= 0.6 is 0 Å². The van der Waals surface area contributed by atoms with Crippen molar-refractivity contribution in [2.75, 3.05) is 6.54 Å². The summed E-state index contributed by atoms with van der Waals surface area (Å²) in [5.41, 5.74) is 10.3. The van der Waals surface area contributed by atoms with Crippen LogP contribution in [0.5, 0.6) is 5.75 Å². The Balaban J connectivity index is 1.65. The average molecular weight is 343 g/mol. The van der Waals surface area contributed by atoms with Gasteiger partial charge in [-0.1, -0.05) is 42.5 Å². The highest BCUT2D eigenvalue weighted by atomic mass is 16.5. The molecule has 130 valence electrons. The standard InChI is InChI=1S/C22H21N3O/c23-10-12-25-15-21(20-14-24-11-9-22(20)25)18-7-4-8-19(13-18)26-16-17-5-2-1-3-6-17/h1-9,11,13-15H,10,12,16,23H2. The van der Waals surface area contributed by atoms with Gasteiger partial charge in [-0.3, -0.25) is 4.98 Å². The van der Waals surface area contributed by atoms with Crippen molar-refractivity contribution in [2.24, 2.45) is 5.73 Å². The zero-order valence-electron chi connectivity index (χ0n) is 14.5. The van der Waals surface area contributed by atoms with Gasteiger partial charge in [0.05, 0.1) is 5.52 Å². The van der Waals surface area contributed by atoms with E-state index in [1.54, 1.807) is 0 Å². The quantitative estimate of drug-likeness (QED) is 0.570. The van der Waals surface area contributed by atoms with Crippen molar-refractivity contribution < 1.29 is 4.74 Å². The molecule has 2 N–H and O–H groups in total. The number of aromatic nitrogens is 2. The Bertz CT molecular complexity index is 1010. The fourth-order valence-electron chi connectivity index (χ4n) is 3.19. The highest BCUT2D eigenvalue weighted by molar-refractivity contribution is 5.95. The second-order valence-electron chi connectivity index (χ2n) is 6.22. The molecule has 0 saturated heterocycles. The van der Waals surface area contributed by atoms with Gasteiger partial charge in [0.25, 0.3) is 0 Å². The number of hydrogen-bond acceptors (Lipinski definition) is 3. The van der Waals surface area contributed by atoms with E-state index in [0.717, 1.165) is 39.9 Å². The molecule has 4 rings (SSSR count). The molecule has 0 fully saturated rings. The van der Waals surface area contributed by atoms with Crippen LogP contribution in [-0.4, -0.2) is 16.1 Å². The van der Waals surface area contributed by atoms with E-state index < -0.39 is 0 Å². The van der Waals surface area contributed by atoms with E-state index in [4.69, 9.17) is 10.5 Å². The first kappa shape index (κ1) is 16.4.